The summed E-state index contributed by atoms with van der Waals surface area (Å²) in [6.45, 7) is 0.177. The number of carbonyl (C=O) groups excluding carboxylic acids is 1. The number of non-ortho nitro benzene ring substituents is 1. The van der Waals surface area contributed by atoms with Crippen LogP contribution in [0.4, 0.5) is 5.69 Å². The molecular weight excluding hydrogens is 402 g/mol. The minimum absolute atomic E-state index is 0.0352. The number of phenolic OH excluding ortho intramolecular Hbond substituents is 1. The van der Waals surface area contributed by atoms with Gasteiger partial charge in [0, 0.05) is 17.7 Å². The monoisotopic (exact) mass is 421 g/mol. The average molecular weight is 421 g/mol. The molecule has 1 aliphatic carbocycles. The number of hydrogen-bond donors (Lipinski definition) is 2. The molecule has 0 unspecified atom stereocenters. The molecular formula is C22H19N3O6. The van der Waals surface area contributed by atoms with Crippen molar-refractivity contribution in [3.05, 3.63) is 86.9 Å². The van der Waals surface area contributed by atoms with E-state index < -0.39 is 10.8 Å². The molecule has 1 aliphatic rings. The second kappa shape index (κ2) is 8.70. The number of aromatic hydroxyl groups is 1. The SMILES string of the molecule is O=C(N/N=C\c1cc([N+](=O)[O-])ccc1O)c1ccc(COc2ccc3c(c2)CCC3)o1. The number of phenols is 1. The van der Waals surface area contributed by atoms with Crippen molar-refractivity contribution in [2.75, 3.05) is 0 Å². The number of amides is 1. The third-order valence-corrected chi connectivity index (χ3v) is 4.93. The van der Waals surface area contributed by atoms with Gasteiger partial charge in [-0.3, -0.25) is 14.9 Å². The van der Waals surface area contributed by atoms with Crippen molar-refractivity contribution in [1.82, 2.24) is 5.43 Å². The largest absolute Gasteiger partial charge is 0.507 e. The molecule has 31 heavy (non-hydrogen) atoms. The van der Waals surface area contributed by atoms with E-state index in [2.05, 4.69) is 16.6 Å². The van der Waals surface area contributed by atoms with Crippen LogP contribution in [0.2, 0.25) is 0 Å². The highest BCUT2D eigenvalue weighted by atomic mass is 16.6. The van der Waals surface area contributed by atoms with E-state index in [0.717, 1.165) is 30.9 Å². The lowest BCUT2D eigenvalue weighted by Crippen LogP contribution is -2.16. The minimum atomic E-state index is -0.607. The lowest BCUT2D eigenvalue weighted by atomic mass is 10.1. The Kier molecular flexibility index (Phi) is 5.65. The molecule has 158 valence electrons. The zero-order chi connectivity index (χ0) is 21.8. The molecule has 2 aromatic carbocycles. The summed E-state index contributed by atoms with van der Waals surface area (Å²) in [4.78, 5) is 22.4. The normalized spacial score (nSPS) is 12.6. The van der Waals surface area contributed by atoms with Crippen LogP contribution in [0.15, 0.2) is 58.0 Å². The maximum absolute atomic E-state index is 12.2. The van der Waals surface area contributed by atoms with Crippen molar-refractivity contribution in [2.24, 2.45) is 5.10 Å². The summed E-state index contributed by atoms with van der Waals surface area (Å²) < 4.78 is 11.2. The smallest absolute Gasteiger partial charge is 0.307 e. The standard InChI is InChI=1S/C22H19N3O6/c26-20-8-5-17(25(28)29)10-16(20)12-23-24-22(27)21-9-7-19(31-21)13-30-18-6-4-14-2-1-3-15(14)11-18/h4-12,26H,1-3,13H2,(H,24,27)/b23-12-. The molecule has 4 rings (SSSR count). The first-order valence-electron chi connectivity index (χ1n) is 9.64. The molecule has 3 aromatic rings. The third kappa shape index (κ3) is 4.72. The van der Waals surface area contributed by atoms with E-state index in [4.69, 9.17) is 9.15 Å². The molecule has 0 aliphatic heterocycles. The number of nitro groups is 1. The van der Waals surface area contributed by atoms with Crippen molar-refractivity contribution in [3.8, 4) is 11.5 Å². The van der Waals surface area contributed by atoms with Crippen LogP contribution in [0.5, 0.6) is 11.5 Å². The maximum Gasteiger partial charge on any atom is 0.307 e. The van der Waals surface area contributed by atoms with Gasteiger partial charge in [0.25, 0.3) is 5.69 Å². The Morgan fingerprint density at radius 2 is 2.03 bits per heavy atom. The van der Waals surface area contributed by atoms with E-state index >= 15 is 0 Å². The molecule has 9 nitrogen and oxygen atoms in total. The van der Waals surface area contributed by atoms with Gasteiger partial charge >= 0.3 is 5.91 Å². The Balaban J connectivity index is 1.33. The zero-order valence-electron chi connectivity index (χ0n) is 16.4. The van der Waals surface area contributed by atoms with E-state index in [1.807, 2.05) is 12.1 Å². The van der Waals surface area contributed by atoms with Gasteiger partial charge in [-0.25, -0.2) is 5.43 Å². The molecule has 1 heterocycles. The Hall–Kier alpha value is -4.14. The molecule has 9 heteroatoms. The Labute approximate surface area is 177 Å². The van der Waals surface area contributed by atoms with E-state index in [1.165, 1.54) is 35.7 Å². The highest BCUT2D eigenvalue weighted by Gasteiger charge is 2.14. The van der Waals surface area contributed by atoms with E-state index in [1.54, 1.807) is 6.07 Å². The Morgan fingerprint density at radius 1 is 1.19 bits per heavy atom. The van der Waals surface area contributed by atoms with Crippen molar-refractivity contribution in [2.45, 2.75) is 25.9 Å². The number of fused-ring (bicyclic) bond motifs is 1. The quantitative estimate of drug-likeness (QED) is 0.340. The van der Waals surface area contributed by atoms with Crippen LogP contribution in [-0.4, -0.2) is 22.2 Å². The van der Waals surface area contributed by atoms with Crippen LogP contribution >= 0.6 is 0 Å². The van der Waals surface area contributed by atoms with Crippen molar-refractivity contribution < 1.29 is 24.0 Å². The topological polar surface area (TPSA) is 127 Å². The van der Waals surface area contributed by atoms with Gasteiger partial charge in [0.1, 0.15) is 23.9 Å². The molecule has 0 spiro atoms. The molecule has 0 radical (unpaired) electrons. The maximum atomic E-state index is 12.2. The minimum Gasteiger partial charge on any atom is -0.507 e. The van der Waals surface area contributed by atoms with Gasteiger partial charge in [0.15, 0.2) is 5.76 Å². The van der Waals surface area contributed by atoms with Crippen molar-refractivity contribution in [3.63, 3.8) is 0 Å². The molecule has 0 saturated carbocycles. The second-order valence-electron chi connectivity index (χ2n) is 7.04. The fourth-order valence-corrected chi connectivity index (χ4v) is 3.34. The fourth-order valence-electron chi connectivity index (χ4n) is 3.34. The summed E-state index contributed by atoms with van der Waals surface area (Å²) in [5.41, 5.74) is 4.82. The zero-order valence-corrected chi connectivity index (χ0v) is 16.4. The number of nitrogens with zero attached hydrogens (tertiary/aromatic N) is 2. The van der Waals surface area contributed by atoms with Gasteiger partial charge in [0.2, 0.25) is 0 Å². The number of furan rings is 1. The first-order chi connectivity index (χ1) is 15.0. The Morgan fingerprint density at radius 3 is 2.87 bits per heavy atom. The average Bonchev–Trinajstić information content (AvgIpc) is 3.42. The number of carbonyl (C=O) groups is 1. The number of nitro benzene ring substituents is 1. The third-order valence-electron chi connectivity index (χ3n) is 4.93. The number of hydrazone groups is 1. The molecule has 0 atom stereocenters. The van der Waals surface area contributed by atoms with E-state index in [9.17, 15) is 20.0 Å². The summed E-state index contributed by atoms with van der Waals surface area (Å²) in [5.74, 6) is 0.459. The highest BCUT2D eigenvalue weighted by Crippen LogP contribution is 2.26. The molecule has 0 fully saturated rings. The number of rotatable bonds is 7. The summed E-state index contributed by atoms with van der Waals surface area (Å²) in [5, 5.41) is 24.3. The van der Waals surface area contributed by atoms with Crippen molar-refractivity contribution >= 4 is 17.8 Å². The van der Waals surface area contributed by atoms with Gasteiger partial charge < -0.3 is 14.3 Å². The van der Waals surface area contributed by atoms with Gasteiger partial charge in [-0.05, 0) is 60.7 Å². The summed E-state index contributed by atoms with van der Waals surface area (Å²) in [6.07, 6.45) is 4.45. The summed E-state index contributed by atoms with van der Waals surface area (Å²) in [6, 6.07) is 12.7. The number of aryl methyl sites for hydroxylation is 2. The predicted octanol–water partition coefficient (Wildman–Crippen LogP) is 3.73. The van der Waals surface area contributed by atoms with Gasteiger partial charge in [0.05, 0.1) is 11.1 Å². The van der Waals surface area contributed by atoms with Gasteiger partial charge in [-0.15, -0.1) is 0 Å². The lowest BCUT2D eigenvalue weighted by Gasteiger charge is -2.06. The number of benzene rings is 2. The first kappa shape index (κ1) is 20.1. The molecule has 1 aromatic heterocycles. The van der Waals surface area contributed by atoms with Crippen LogP contribution in [0.25, 0.3) is 0 Å². The van der Waals surface area contributed by atoms with Crippen LogP contribution in [0.1, 0.15) is 39.4 Å². The Bertz CT molecular complexity index is 1170. The number of ether oxygens (including phenoxy) is 1. The number of hydrogen-bond acceptors (Lipinski definition) is 7. The van der Waals surface area contributed by atoms with Gasteiger partial charge in [-0.1, -0.05) is 6.07 Å². The summed E-state index contributed by atoms with van der Waals surface area (Å²) >= 11 is 0. The van der Waals surface area contributed by atoms with E-state index in [-0.39, 0.29) is 29.4 Å². The number of nitrogens with one attached hydrogen (secondary N) is 1. The molecule has 2 N–H and O–H groups in total. The van der Waals surface area contributed by atoms with E-state index in [0.29, 0.717) is 5.76 Å². The second-order valence-corrected chi connectivity index (χ2v) is 7.04. The molecule has 1 amide bonds. The van der Waals surface area contributed by atoms with Crippen LogP contribution in [-0.2, 0) is 19.4 Å². The summed E-state index contributed by atoms with van der Waals surface area (Å²) in [7, 11) is 0. The van der Waals surface area contributed by atoms with Crippen LogP contribution in [0, 0.1) is 10.1 Å². The lowest BCUT2D eigenvalue weighted by molar-refractivity contribution is -0.384. The predicted molar refractivity (Wildman–Crippen MR) is 111 cm³/mol. The highest BCUT2D eigenvalue weighted by molar-refractivity contribution is 5.92. The fraction of sp³-hybridized carbons (Fsp3) is 0.182. The van der Waals surface area contributed by atoms with Gasteiger partial charge in [-0.2, -0.15) is 5.10 Å². The first-order valence-corrected chi connectivity index (χ1v) is 9.64. The van der Waals surface area contributed by atoms with Crippen molar-refractivity contribution in [1.29, 1.82) is 0 Å². The molecule has 0 saturated heterocycles. The van der Waals surface area contributed by atoms with Crippen LogP contribution < -0.4 is 10.2 Å². The van der Waals surface area contributed by atoms with Crippen LogP contribution in [0.3, 0.4) is 0 Å². The molecule has 0 bridgehead atoms.